The summed E-state index contributed by atoms with van der Waals surface area (Å²) >= 11 is 1.13. The van der Waals surface area contributed by atoms with Crippen LogP contribution in [-0.2, 0) is 35.2 Å². The maximum atomic E-state index is 12.6. The van der Waals surface area contributed by atoms with Gasteiger partial charge in [-0.3, -0.25) is 19.3 Å². The molecule has 0 radical (unpaired) electrons. The molecule has 0 N–H and O–H groups in total. The minimum absolute atomic E-state index is 0. The number of carbonyl (C=O) groups excluding carboxylic acids is 4. The average molecular weight is 501 g/mol. The molecule has 0 aliphatic carbocycles. The van der Waals surface area contributed by atoms with Crippen molar-refractivity contribution in [3.05, 3.63) is 11.3 Å². The van der Waals surface area contributed by atoms with E-state index < -0.39 is 30.1 Å². The Balaban J connectivity index is 0.00000274. The summed E-state index contributed by atoms with van der Waals surface area (Å²) < 4.78 is 12.4. The third kappa shape index (κ3) is 4.13. The zero-order valence-corrected chi connectivity index (χ0v) is 21.4. The Morgan fingerprint density at radius 2 is 1.97 bits per heavy atom. The Labute approximate surface area is 219 Å². The number of aliphatic carboxylic acids is 1. The quantitative estimate of drug-likeness (QED) is 0.207. The van der Waals surface area contributed by atoms with Gasteiger partial charge in [-0.05, 0) is 16.0 Å². The summed E-state index contributed by atoms with van der Waals surface area (Å²) in [5.41, 5.74) is 0.116. The molecule has 16 heteroatoms. The van der Waals surface area contributed by atoms with Crippen LogP contribution in [0.5, 0.6) is 0 Å². The maximum absolute atomic E-state index is 12.6. The first kappa shape index (κ1) is 25.1. The molecule has 1 aromatic rings. The van der Waals surface area contributed by atoms with Crippen LogP contribution in [0.4, 0.5) is 0 Å². The monoisotopic (exact) mass is 501 g/mol. The molecule has 5 heterocycles. The predicted octanol–water partition coefficient (Wildman–Crippen LogP) is -6.57. The number of carboxylic acids is 1. The topological polar surface area (TPSA) is 163 Å². The minimum Gasteiger partial charge on any atom is -0.543 e. The number of tetrazole rings is 1. The Morgan fingerprint density at radius 1 is 1.24 bits per heavy atom. The first-order chi connectivity index (χ1) is 15.9. The molecule has 4 aliphatic rings. The number of thioether (sulfide) groups is 1. The molecule has 0 aromatic carbocycles. The summed E-state index contributed by atoms with van der Waals surface area (Å²) in [6, 6.07) is -1.35. The molecule has 14 nitrogen and oxygen atoms in total. The van der Waals surface area contributed by atoms with Crippen molar-refractivity contribution < 1.29 is 63.3 Å². The average Bonchev–Trinajstić information content (AvgIpc) is 3.38. The van der Waals surface area contributed by atoms with Crippen LogP contribution in [0.15, 0.2) is 16.4 Å². The number of carboxylic acid groups (broad SMARTS) is 1. The summed E-state index contributed by atoms with van der Waals surface area (Å²) in [5, 5.41) is 23.6. The van der Waals surface area contributed by atoms with E-state index in [1.807, 2.05) is 0 Å². The molecule has 3 amide bonds. The van der Waals surface area contributed by atoms with Gasteiger partial charge >= 0.3 is 29.6 Å². The van der Waals surface area contributed by atoms with Gasteiger partial charge in [0.2, 0.25) is 17.0 Å². The van der Waals surface area contributed by atoms with Crippen LogP contribution in [0.25, 0.3) is 0 Å². The first-order valence-electron chi connectivity index (χ1n) is 10.3. The minimum atomic E-state index is -1.49. The second-order valence-electron chi connectivity index (χ2n) is 7.91. The number of nitrogens with zero attached hydrogens (tertiary/aromatic N) is 7. The summed E-state index contributed by atoms with van der Waals surface area (Å²) in [6.07, 6.45) is -0.678. The second kappa shape index (κ2) is 9.91. The summed E-state index contributed by atoms with van der Waals surface area (Å²) in [4.78, 5) is 53.0. The van der Waals surface area contributed by atoms with E-state index in [0.717, 1.165) is 16.7 Å². The fourth-order valence-corrected chi connectivity index (χ4v) is 5.49. The van der Waals surface area contributed by atoms with Gasteiger partial charge < -0.3 is 29.2 Å². The van der Waals surface area contributed by atoms with Crippen molar-refractivity contribution in [2.45, 2.75) is 36.8 Å². The van der Waals surface area contributed by atoms with Crippen molar-refractivity contribution >= 4 is 35.5 Å². The van der Waals surface area contributed by atoms with E-state index in [0.29, 0.717) is 37.0 Å². The molecule has 0 bridgehead atoms. The Hall–Kier alpha value is -2.04. The van der Waals surface area contributed by atoms with Crippen LogP contribution in [-0.4, -0.2) is 116 Å². The van der Waals surface area contributed by atoms with E-state index in [1.165, 1.54) is 16.5 Å². The fraction of sp³-hybridized carbons (Fsp3) is 0.611. The predicted molar refractivity (Wildman–Crippen MR) is 105 cm³/mol. The molecule has 34 heavy (non-hydrogen) atoms. The SMILES string of the molecule is CC(=O)N1COC2C(CSc3nnnn3CC(=O)N3CCOCC3)=C(C(=O)[O-])N3C(=O)[C@@H]1[C@@H]23.[Na+]. The van der Waals surface area contributed by atoms with Gasteiger partial charge in [0.1, 0.15) is 25.4 Å². The smallest absolute Gasteiger partial charge is 0.543 e. The third-order valence-corrected chi connectivity index (χ3v) is 7.15. The maximum Gasteiger partial charge on any atom is 1.00 e. The van der Waals surface area contributed by atoms with E-state index in [-0.39, 0.29) is 66.1 Å². The molecular formula is C18H20N7NaO7S. The van der Waals surface area contributed by atoms with Gasteiger partial charge in [0.25, 0.3) is 5.91 Å². The van der Waals surface area contributed by atoms with Crippen molar-refractivity contribution in [1.29, 1.82) is 0 Å². The van der Waals surface area contributed by atoms with Gasteiger partial charge in [0.05, 0.1) is 30.9 Å². The normalized spacial score (nSPS) is 25.6. The van der Waals surface area contributed by atoms with Crippen molar-refractivity contribution in [1.82, 2.24) is 34.9 Å². The number of amides is 3. The van der Waals surface area contributed by atoms with Crippen LogP contribution in [0, 0.1) is 0 Å². The zero-order valence-electron chi connectivity index (χ0n) is 18.6. The number of hydrogen-bond acceptors (Lipinski definition) is 11. The number of β-lactam (4-membered cyclic amide) rings is 1. The molecule has 0 spiro atoms. The molecule has 3 saturated heterocycles. The molecular weight excluding hydrogens is 481 g/mol. The standard InChI is InChI=1S/C18H21N7O7S.Na/c1-9(26)23-8-32-15-10(12(17(29)30)25-13(15)14(23)16(25)28)7-33-18-19-20-21-24(18)6-11(27)22-2-4-31-5-3-22;/h13-15H,2-8H2,1H3,(H,29,30);/q;+1/p-1/t13-,14-,15?;/m0./s1. The van der Waals surface area contributed by atoms with Crippen LogP contribution in [0.1, 0.15) is 6.92 Å². The van der Waals surface area contributed by atoms with E-state index in [1.54, 1.807) is 4.90 Å². The molecule has 1 unspecified atom stereocenters. The number of ether oxygens (including phenoxy) is 2. The Kier molecular flexibility index (Phi) is 7.30. The molecule has 5 rings (SSSR count). The largest absolute Gasteiger partial charge is 1.00 e. The van der Waals surface area contributed by atoms with Crippen molar-refractivity contribution in [3.63, 3.8) is 0 Å². The number of carbonyl (C=O) groups is 4. The van der Waals surface area contributed by atoms with E-state index in [4.69, 9.17) is 9.47 Å². The van der Waals surface area contributed by atoms with Gasteiger partial charge in [0, 0.05) is 25.8 Å². The molecule has 176 valence electrons. The molecule has 3 fully saturated rings. The van der Waals surface area contributed by atoms with Crippen LogP contribution in [0.3, 0.4) is 0 Å². The van der Waals surface area contributed by atoms with E-state index in [2.05, 4.69) is 15.5 Å². The summed E-state index contributed by atoms with van der Waals surface area (Å²) in [6.45, 7) is 3.09. The molecule has 0 saturated carbocycles. The van der Waals surface area contributed by atoms with Gasteiger partial charge in [-0.2, -0.15) is 0 Å². The van der Waals surface area contributed by atoms with E-state index >= 15 is 0 Å². The van der Waals surface area contributed by atoms with Gasteiger partial charge in [-0.25, -0.2) is 4.68 Å². The fourth-order valence-electron chi connectivity index (χ4n) is 4.56. The van der Waals surface area contributed by atoms with Crippen molar-refractivity contribution in [2.75, 3.05) is 38.8 Å². The number of hydrogen-bond donors (Lipinski definition) is 0. The van der Waals surface area contributed by atoms with Crippen molar-refractivity contribution in [3.8, 4) is 0 Å². The zero-order chi connectivity index (χ0) is 23.3. The Bertz CT molecular complexity index is 1060. The third-order valence-electron chi connectivity index (χ3n) is 6.14. The van der Waals surface area contributed by atoms with Crippen LogP contribution in [0.2, 0.25) is 0 Å². The van der Waals surface area contributed by atoms with Gasteiger partial charge in [0.15, 0.2) is 0 Å². The summed E-state index contributed by atoms with van der Waals surface area (Å²) in [7, 11) is 0. The van der Waals surface area contributed by atoms with Crippen molar-refractivity contribution in [2.24, 2.45) is 0 Å². The number of morpholine rings is 1. The Morgan fingerprint density at radius 3 is 2.65 bits per heavy atom. The second-order valence-corrected chi connectivity index (χ2v) is 8.85. The van der Waals surface area contributed by atoms with Crippen LogP contribution < -0.4 is 34.7 Å². The molecule has 1 aromatic heterocycles. The van der Waals surface area contributed by atoms with E-state index in [9.17, 15) is 24.3 Å². The number of aromatic nitrogens is 4. The van der Waals surface area contributed by atoms with Gasteiger partial charge in [-0.15, -0.1) is 5.10 Å². The number of rotatable bonds is 6. The van der Waals surface area contributed by atoms with Crippen LogP contribution >= 0.6 is 11.8 Å². The summed E-state index contributed by atoms with van der Waals surface area (Å²) in [5.74, 6) is -2.34. The van der Waals surface area contributed by atoms with Gasteiger partial charge in [-0.1, -0.05) is 11.8 Å². The first-order valence-corrected chi connectivity index (χ1v) is 11.3. The molecule has 4 aliphatic heterocycles. The molecule has 3 atom stereocenters.